The molecular formula is C11H16ClNO. The van der Waals surface area contributed by atoms with Crippen molar-refractivity contribution >= 4 is 11.6 Å². The predicted octanol–water partition coefficient (Wildman–Crippen LogP) is 2.28. The smallest absolute Gasteiger partial charge is 0.106 e. The molecule has 0 spiro atoms. The van der Waals surface area contributed by atoms with Gasteiger partial charge in [0.2, 0.25) is 0 Å². The summed E-state index contributed by atoms with van der Waals surface area (Å²) in [7, 11) is 0. The molecule has 0 fully saturated rings. The fourth-order valence-electron chi connectivity index (χ4n) is 1.20. The Morgan fingerprint density at radius 1 is 1.21 bits per heavy atom. The van der Waals surface area contributed by atoms with Crippen LogP contribution >= 0.6 is 11.6 Å². The molecule has 0 aromatic heterocycles. The van der Waals surface area contributed by atoms with Crippen molar-refractivity contribution in [2.45, 2.75) is 31.9 Å². The minimum atomic E-state index is -1.13. The van der Waals surface area contributed by atoms with Crippen LogP contribution in [0, 0.1) is 0 Å². The minimum Gasteiger partial charge on any atom is -0.383 e. The van der Waals surface area contributed by atoms with Crippen LogP contribution in [0.3, 0.4) is 0 Å². The molecule has 0 bridgehead atoms. The number of hydrogen-bond acceptors (Lipinski definition) is 2. The zero-order chi connectivity index (χ0) is 11.0. The Kier molecular flexibility index (Phi) is 2.91. The highest BCUT2D eigenvalue weighted by Crippen LogP contribution is 2.34. The fraction of sp³-hybridized carbons (Fsp3) is 0.455. The summed E-state index contributed by atoms with van der Waals surface area (Å²) in [6.07, 6.45) is 0. The molecule has 14 heavy (non-hydrogen) atoms. The summed E-state index contributed by atoms with van der Waals surface area (Å²) in [5.41, 5.74) is 4.70. The van der Waals surface area contributed by atoms with Gasteiger partial charge >= 0.3 is 0 Å². The van der Waals surface area contributed by atoms with E-state index in [9.17, 15) is 5.11 Å². The molecular weight excluding hydrogens is 198 g/mol. The molecule has 0 saturated carbocycles. The maximum absolute atomic E-state index is 10.3. The van der Waals surface area contributed by atoms with Gasteiger partial charge in [0.05, 0.1) is 0 Å². The van der Waals surface area contributed by atoms with Crippen LogP contribution in [0.4, 0.5) is 0 Å². The Hall–Kier alpha value is -0.570. The normalized spacial score (nSPS) is 16.4. The highest BCUT2D eigenvalue weighted by molar-refractivity contribution is 6.31. The largest absolute Gasteiger partial charge is 0.383 e. The Morgan fingerprint density at radius 3 is 2.14 bits per heavy atom. The molecule has 2 nitrogen and oxygen atoms in total. The average Bonchev–Trinajstić information content (AvgIpc) is 2.02. The molecule has 0 heterocycles. The summed E-state index contributed by atoms with van der Waals surface area (Å²) in [6.45, 7) is 5.22. The Labute approximate surface area is 89.7 Å². The molecule has 0 aliphatic rings. The molecule has 3 heteroatoms. The van der Waals surface area contributed by atoms with E-state index in [1.54, 1.807) is 32.9 Å². The van der Waals surface area contributed by atoms with Crippen LogP contribution in [-0.2, 0) is 5.60 Å². The van der Waals surface area contributed by atoms with Crippen molar-refractivity contribution in [1.29, 1.82) is 0 Å². The summed E-state index contributed by atoms with van der Waals surface area (Å²) in [6, 6.07) is 7.20. The second-order valence-electron chi connectivity index (χ2n) is 4.27. The molecule has 3 N–H and O–H groups in total. The Morgan fingerprint density at radius 2 is 1.71 bits per heavy atom. The van der Waals surface area contributed by atoms with Crippen LogP contribution in [0.15, 0.2) is 24.3 Å². The summed E-state index contributed by atoms with van der Waals surface area (Å²) < 4.78 is 0. The lowest BCUT2D eigenvalue weighted by Crippen LogP contribution is -2.52. The van der Waals surface area contributed by atoms with Crippen LogP contribution in [0.5, 0.6) is 0 Å². The van der Waals surface area contributed by atoms with E-state index in [4.69, 9.17) is 17.3 Å². The average molecular weight is 214 g/mol. The van der Waals surface area contributed by atoms with Crippen molar-refractivity contribution in [2.75, 3.05) is 0 Å². The van der Waals surface area contributed by atoms with Gasteiger partial charge in [0, 0.05) is 16.1 Å². The number of aliphatic hydroxyl groups is 1. The first-order chi connectivity index (χ1) is 6.27. The van der Waals surface area contributed by atoms with Crippen LogP contribution < -0.4 is 5.73 Å². The molecule has 0 aliphatic carbocycles. The van der Waals surface area contributed by atoms with E-state index in [0.29, 0.717) is 10.6 Å². The molecule has 1 aromatic carbocycles. The van der Waals surface area contributed by atoms with Gasteiger partial charge < -0.3 is 10.8 Å². The summed E-state index contributed by atoms with van der Waals surface area (Å²) in [5, 5.41) is 10.8. The van der Waals surface area contributed by atoms with Gasteiger partial charge in [0.15, 0.2) is 0 Å². The molecule has 0 saturated heterocycles. The molecule has 0 radical (unpaired) electrons. The SMILES string of the molecule is CC(C)(N)C(C)(O)c1ccccc1Cl. The minimum absolute atomic E-state index is 0.538. The maximum atomic E-state index is 10.3. The van der Waals surface area contributed by atoms with E-state index in [1.165, 1.54) is 0 Å². The van der Waals surface area contributed by atoms with Gasteiger partial charge in [-0.25, -0.2) is 0 Å². The van der Waals surface area contributed by atoms with E-state index in [1.807, 2.05) is 12.1 Å². The first kappa shape index (κ1) is 11.5. The van der Waals surface area contributed by atoms with Crippen molar-refractivity contribution in [3.63, 3.8) is 0 Å². The number of hydrogen-bond donors (Lipinski definition) is 2. The number of nitrogens with two attached hydrogens (primary N) is 1. The lowest BCUT2D eigenvalue weighted by molar-refractivity contribution is -0.00859. The van der Waals surface area contributed by atoms with Gasteiger partial charge in [-0.05, 0) is 26.8 Å². The van der Waals surface area contributed by atoms with Gasteiger partial charge in [-0.3, -0.25) is 0 Å². The van der Waals surface area contributed by atoms with Gasteiger partial charge in [0.1, 0.15) is 5.60 Å². The predicted molar refractivity (Wildman–Crippen MR) is 59.3 cm³/mol. The van der Waals surface area contributed by atoms with E-state index in [-0.39, 0.29) is 0 Å². The standard InChI is InChI=1S/C11H16ClNO/c1-10(2,13)11(3,14)8-6-4-5-7-9(8)12/h4-7,14H,13H2,1-3H3. The quantitative estimate of drug-likeness (QED) is 0.792. The van der Waals surface area contributed by atoms with Gasteiger partial charge in [-0.1, -0.05) is 29.8 Å². The molecule has 1 rings (SSSR count). The highest BCUT2D eigenvalue weighted by atomic mass is 35.5. The summed E-state index contributed by atoms with van der Waals surface area (Å²) >= 11 is 6.00. The molecule has 1 unspecified atom stereocenters. The van der Waals surface area contributed by atoms with E-state index in [0.717, 1.165) is 0 Å². The summed E-state index contributed by atoms with van der Waals surface area (Å²) in [4.78, 5) is 0. The van der Waals surface area contributed by atoms with Crippen molar-refractivity contribution in [3.8, 4) is 0 Å². The van der Waals surface area contributed by atoms with Crippen LogP contribution in [0.1, 0.15) is 26.3 Å². The third-order valence-electron chi connectivity index (χ3n) is 2.65. The zero-order valence-corrected chi connectivity index (χ0v) is 9.47. The monoisotopic (exact) mass is 213 g/mol. The second-order valence-corrected chi connectivity index (χ2v) is 4.68. The van der Waals surface area contributed by atoms with Crippen LogP contribution in [-0.4, -0.2) is 10.6 Å². The third kappa shape index (κ3) is 1.92. The van der Waals surface area contributed by atoms with E-state index >= 15 is 0 Å². The second kappa shape index (κ2) is 3.54. The van der Waals surface area contributed by atoms with E-state index in [2.05, 4.69) is 0 Å². The lowest BCUT2D eigenvalue weighted by atomic mass is 9.79. The molecule has 0 amide bonds. The molecule has 1 atom stereocenters. The first-order valence-corrected chi connectivity index (χ1v) is 4.91. The lowest BCUT2D eigenvalue weighted by Gasteiger charge is -2.37. The van der Waals surface area contributed by atoms with Crippen LogP contribution in [0.25, 0.3) is 0 Å². The Bertz CT molecular complexity index is 328. The van der Waals surface area contributed by atoms with Crippen LogP contribution in [0.2, 0.25) is 5.02 Å². The topological polar surface area (TPSA) is 46.2 Å². The third-order valence-corrected chi connectivity index (χ3v) is 2.98. The van der Waals surface area contributed by atoms with Gasteiger partial charge in [-0.2, -0.15) is 0 Å². The number of halogens is 1. The fourth-order valence-corrected chi connectivity index (χ4v) is 1.52. The number of rotatable bonds is 2. The summed E-state index contributed by atoms with van der Waals surface area (Å²) in [5.74, 6) is 0. The van der Waals surface area contributed by atoms with Crippen molar-refractivity contribution in [3.05, 3.63) is 34.9 Å². The first-order valence-electron chi connectivity index (χ1n) is 4.53. The molecule has 78 valence electrons. The zero-order valence-electron chi connectivity index (χ0n) is 8.71. The molecule has 0 aliphatic heterocycles. The van der Waals surface area contributed by atoms with E-state index < -0.39 is 11.1 Å². The van der Waals surface area contributed by atoms with Gasteiger partial charge in [0.25, 0.3) is 0 Å². The van der Waals surface area contributed by atoms with Crippen molar-refractivity contribution in [2.24, 2.45) is 5.73 Å². The molecule has 1 aromatic rings. The van der Waals surface area contributed by atoms with Crippen molar-refractivity contribution in [1.82, 2.24) is 0 Å². The van der Waals surface area contributed by atoms with Crippen molar-refractivity contribution < 1.29 is 5.11 Å². The van der Waals surface area contributed by atoms with Gasteiger partial charge in [-0.15, -0.1) is 0 Å². The number of benzene rings is 1. The highest BCUT2D eigenvalue weighted by Gasteiger charge is 2.38. The Balaban J connectivity index is 3.23. The maximum Gasteiger partial charge on any atom is 0.106 e.